The van der Waals surface area contributed by atoms with Gasteiger partial charge in [0.05, 0.1) is 5.92 Å². The van der Waals surface area contributed by atoms with Gasteiger partial charge in [-0.05, 0) is 55.4 Å². The number of benzene rings is 1. The van der Waals surface area contributed by atoms with Crippen LogP contribution in [0, 0.1) is 17.8 Å². The summed E-state index contributed by atoms with van der Waals surface area (Å²) >= 11 is 0. The van der Waals surface area contributed by atoms with E-state index >= 15 is 0 Å². The monoisotopic (exact) mass is 389 g/mol. The van der Waals surface area contributed by atoms with E-state index in [1.165, 1.54) is 0 Å². The fraction of sp³-hybridized carbons (Fsp3) is 0.429. The first-order valence-corrected chi connectivity index (χ1v) is 9.22. The number of carbonyl (C=O) groups is 2. The zero-order valence-corrected chi connectivity index (χ0v) is 16.3. The summed E-state index contributed by atoms with van der Waals surface area (Å²) < 4.78 is 0. The van der Waals surface area contributed by atoms with Crippen molar-refractivity contribution in [2.24, 2.45) is 23.5 Å². The van der Waals surface area contributed by atoms with E-state index in [2.05, 4.69) is 18.5 Å². The third-order valence-corrected chi connectivity index (χ3v) is 5.67. The van der Waals surface area contributed by atoms with E-state index in [0.29, 0.717) is 36.2 Å². The predicted octanol–water partition coefficient (Wildman–Crippen LogP) is 3.23. The van der Waals surface area contributed by atoms with Crippen molar-refractivity contribution >= 4 is 29.9 Å². The van der Waals surface area contributed by atoms with Crippen LogP contribution in [0.5, 0.6) is 0 Å². The maximum atomic E-state index is 12.6. The maximum absolute atomic E-state index is 12.6. The molecule has 0 saturated heterocycles. The Morgan fingerprint density at radius 3 is 2.22 bits per heavy atom. The Labute approximate surface area is 167 Å². The molecule has 0 aliphatic heterocycles. The van der Waals surface area contributed by atoms with Crippen molar-refractivity contribution in [2.45, 2.75) is 25.3 Å². The summed E-state index contributed by atoms with van der Waals surface area (Å²) in [5, 5.41) is 2.97. The molecular formula is C21H28ClN3O2. The maximum Gasteiger partial charge on any atom is 0.254 e. The molecule has 1 aromatic carbocycles. The molecule has 1 aromatic rings. The zero-order valence-electron chi connectivity index (χ0n) is 15.5. The first kappa shape index (κ1) is 21.2. The second-order valence-corrected chi connectivity index (χ2v) is 7.29. The summed E-state index contributed by atoms with van der Waals surface area (Å²) in [6.45, 7) is 8.29. The summed E-state index contributed by atoms with van der Waals surface area (Å²) in [7, 11) is 0. The SMILES string of the molecule is C=CCN(CC=C)C(=O)c1ccc(NC(=O)C2C3CCC(C3)C2N)cc1.Cl. The first-order chi connectivity index (χ1) is 12.5. The van der Waals surface area contributed by atoms with Crippen LogP contribution in [0.4, 0.5) is 5.69 Å². The minimum absolute atomic E-state index is 0. The van der Waals surface area contributed by atoms with Crippen molar-refractivity contribution in [3.63, 3.8) is 0 Å². The minimum Gasteiger partial charge on any atom is -0.331 e. The molecule has 146 valence electrons. The topological polar surface area (TPSA) is 75.4 Å². The van der Waals surface area contributed by atoms with E-state index in [-0.39, 0.29) is 36.2 Å². The second kappa shape index (κ2) is 9.20. The molecule has 0 heterocycles. The highest BCUT2D eigenvalue weighted by Gasteiger charge is 2.49. The molecule has 2 saturated carbocycles. The normalized spacial score (nSPS) is 25.4. The molecule has 27 heavy (non-hydrogen) atoms. The smallest absolute Gasteiger partial charge is 0.254 e. The highest BCUT2D eigenvalue weighted by molar-refractivity contribution is 5.96. The van der Waals surface area contributed by atoms with E-state index in [0.717, 1.165) is 19.3 Å². The summed E-state index contributed by atoms with van der Waals surface area (Å²) in [6, 6.07) is 6.98. The molecule has 3 rings (SSSR count). The van der Waals surface area contributed by atoms with Gasteiger partial charge in [0.25, 0.3) is 5.91 Å². The number of amides is 2. The molecule has 2 bridgehead atoms. The average molecular weight is 390 g/mol. The van der Waals surface area contributed by atoms with Gasteiger partial charge in [0.1, 0.15) is 0 Å². The number of rotatable bonds is 7. The van der Waals surface area contributed by atoms with Crippen LogP contribution in [0.1, 0.15) is 29.6 Å². The first-order valence-electron chi connectivity index (χ1n) is 9.22. The molecule has 0 spiro atoms. The van der Waals surface area contributed by atoms with Crippen LogP contribution < -0.4 is 11.1 Å². The van der Waals surface area contributed by atoms with Gasteiger partial charge in [-0.1, -0.05) is 12.2 Å². The van der Waals surface area contributed by atoms with Crippen LogP contribution in [0.15, 0.2) is 49.6 Å². The fourth-order valence-corrected chi connectivity index (χ4v) is 4.38. The highest BCUT2D eigenvalue weighted by Crippen LogP contribution is 2.47. The van der Waals surface area contributed by atoms with Crippen molar-refractivity contribution in [3.05, 3.63) is 55.1 Å². The molecule has 2 aliphatic carbocycles. The predicted molar refractivity (Wildman–Crippen MR) is 111 cm³/mol. The molecule has 3 N–H and O–H groups in total. The Morgan fingerprint density at radius 2 is 1.70 bits per heavy atom. The van der Waals surface area contributed by atoms with E-state index in [1.54, 1.807) is 41.3 Å². The van der Waals surface area contributed by atoms with Crippen LogP contribution in [0.25, 0.3) is 0 Å². The van der Waals surface area contributed by atoms with Gasteiger partial charge in [-0.15, -0.1) is 25.6 Å². The van der Waals surface area contributed by atoms with Crippen LogP contribution in [0.3, 0.4) is 0 Å². The lowest BCUT2D eigenvalue weighted by Gasteiger charge is -2.27. The minimum atomic E-state index is -0.0919. The number of halogens is 1. The largest absolute Gasteiger partial charge is 0.331 e. The highest BCUT2D eigenvalue weighted by atomic mass is 35.5. The number of nitrogens with two attached hydrogens (primary N) is 1. The Bertz CT molecular complexity index is 692. The number of fused-ring (bicyclic) bond motifs is 2. The van der Waals surface area contributed by atoms with Gasteiger partial charge in [-0.3, -0.25) is 9.59 Å². The Morgan fingerprint density at radius 1 is 1.11 bits per heavy atom. The van der Waals surface area contributed by atoms with Crippen LogP contribution in [0.2, 0.25) is 0 Å². The van der Waals surface area contributed by atoms with Gasteiger partial charge in [0.2, 0.25) is 5.91 Å². The second-order valence-electron chi connectivity index (χ2n) is 7.29. The summed E-state index contributed by atoms with van der Waals surface area (Å²) in [5.41, 5.74) is 7.51. The van der Waals surface area contributed by atoms with E-state index < -0.39 is 0 Å². The molecule has 4 atom stereocenters. The van der Waals surface area contributed by atoms with Crippen LogP contribution in [-0.2, 0) is 4.79 Å². The van der Waals surface area contributed by atoms with Crippen molar-refractivity contribution < 1.29 is 9.59 Å². The molecule has 6 heteroatoms. The lowest BCUT2D eigenvalue weighted by molar-refractivity contribution is -0.121. The third kappa shape index (κ3) is 4.42. The molecule has 2 fully saturated rings. The number of anilines is 1. The molecule has 0 aromatic heterocycles. The summed E-state index contributed by atoms with van der Waals surface area (Å²) in [5.74, 6) is 0.742. The summed E-state index contributed by atoms with van der Waals surface area (Å²) in [4.78, 5) is 26.8. The standard InChI is InChI=1S/C21H27N3O2.ClH/c1-3-11-24(12-4-2)21(26)14-7-9-17(10-8-14)23-20(25)18-15-5-6-16(13-15)19(18)22;/h3-4,7-10,15-16,18-19H,1-2,5-6,11-13,22H2,(H,23,25);1H. The quantitative estimate of drug-likeness (QED) is 0.703. The molecule has 4 unspecified atom stereocenters. The van der Waals surface area contributed by atoms with E-state index in [1.807, 2.05) is 0 Å². The third-order valence-electron chi connectivity index (χ3n) is 5.67. The van der Waals surface area contributed by atoms with Gasteiger partial charge in [-0.2, -0.15) is 0 Å². The van der Waals surface area contributed by atoms with Gasteiger partial charge < -0.3 is 16.0 Å². The van der Waals surface area contributed by atoms with E-state index in [4.69, 9.17) is 5.73 Å². The van der Waals surface area contributed by atoms with Gasteiger partial charge >= 0.3 is 0 Å². The van der Waals surface area contributed by atoms with Crippen LogP contribution >= 0.6 is 12.4 Å². The Hall–Kier alpha value is -2.11. The fourth-order valence-electron chi connectivity index (χ4n) is 4.38. The lowest BCUT2D eigenvalue weighted by Crippen LogP contribution is -2.42. The lowest BCUT2D eigenvalue weighted by atomic mass is 9.84. The molecule has 0 radical (unpaired) electrons. The zero-order chi connectivity index (χ0) is 18.7. The van der Waals surface area contributed by atoms with Gasteiger partial charge in [-0.25, -0.2) is 0 Å². The molecular weight excluding hydrogens is 362 g/mol. The van der Waals surface area contributed by atoms with Crippen LogP contribution in [-0.4, -0.2) is 35.8 Å². The van der Waals surface area contributed by atoms with Crippen molar-refractivity contribution in [1.82, 2.24) is 4.90 Å². The van der Waals surface area contributed by atoms with Crippen molar-refractivity contribution in [2.75, 3.05) is 18.4 Å². The average Bonchev–Trinajstić information content (AvgIpc) is 3.22. The summed E-state index contributed by atoms with van der Waals surface area (Å²) in [6.07, 6.45) is 6.71. The van der Waals surface area contributed by atoms with Gasteiger partial charge in [0, 0.05) is 30.4 Å². The number of hydrogen-bond acceptors (Lipinski definition) is 3. The molecule has 2 amide bonds. The number of hydrogen-bond donors (Lipinski definition) is 2. The number of nitrogens with zero attached hydrogens (tertiary/aromatic N) is 1. The Balaban J connectivity index is 0.00000261. The van der Waals surface area contributed by atoms with Crippen molar-refractivity contribution in [3.8, 4) is 0 Å². The number of carbonyl (C=O) groups excluding carboxylic acids is 2. The Kier molecular flexibility index (Phi) is 7.22. The van der Waals surface area contributed by atoms with Gasteiger partial charge in [0.15, 0.2) is 0 Å². The molecule has 5 nitrogen and oxygen atoms in total. The number of nitrogens with one attached hydrogen (secondary N) is 1. The van der Waals surface area contributed by atoms with Crippen molar-refractivity contribution in [1.29, 1.82) is 0 Å². The van der Waals surface area contributed by atoms with E-state index in [9.17, 15) is 9.59 Å². The molecule has 2 aliphatic rings.